The van der Waals surface area contributed by atoms with Crippen molar-refractivity contribution in [1.82, 2.24) is 4.31 Å². The molecule has 1 fully saturated rings. The molecule has 0 radical (unpaired) electrons. The molecular formula is C14H21NO4S. The topological polar surface area (TPSA) is 66.8 Å². The van der Waals surface area contributed by atoms with Crippen molar-refractivity contribution in [3.63, 3.8) is 0 Å². The lowest BCUT2D eigenvalue weighted by molar-refractivity contribution is 0.133. The Bertz CT molecular complexity index is 556. The number of sulfonamides is 1. The molecule has 1 saturated heterocycles. The summed E-state index contributed by atoms with van der Waals surface area (Å²) in [7, 11) is -3.50. The first-order valence-electron chi connectivity index (χ1n) is 6.86. The van der Waals surface area contributed by atoms with Crippen LogP contribution in [0.15, 0.2) is 29.2 Å². The average molecular weight is 299 g/mol. The highest BCUT2D eigenvalue weighted by molar-refractivity contribution is 7.89. The monoisotopic (exact) mass is 299 g/mol. The largest absolute Gasteiger partial charge is 0.494 e. The van der Waals surface area contributed by atoms with E-state index in [9.17, 15) is 13.5 Å². The lowest BCUT2D eigenvalue weighted by Gasteiger charge is -2.18. The van der Waals surface area contributed by atoms with Gasteiger partial charge in [0.15, 0.2) is 0 Å². The summed E-state index contributed by atoms with van der Waals surface area (Å²) in [5.41, 5.74) is 0. The molecule has 2 atom stereocenters. The third kappa shape index (κ3) is 3.13. The molecule has 1 heterocycles. The van der Waals surface area contributed by atoms with Crippen LogP contribution in [-0.2, 0) is 10.0 Å². The summed E-state index contributed by atoms with van der Waals surface area (Å²) < 4.78 is 31.9. The zero-order valence-electron chi connectivity index (χ0n) is 11.8. The maximum absolute atomic E-state index is 12.5. The second-order valence-electron chi connectivity index (χ2n) is 5.06. The molecule has 0 bridgehead atoms. The number of benzene rings is 1. The van der Waals surface area contributed by atoms with Gasteiger partial charge in [-0.05, 0) is 38.3 Å². The molecule has 0 aliphatic carbocycles. The molecule has 1 aliphatic rings. The fourth-order valence-electron chi connectivity index (χ4n) is 2.41. The van der Waals surface area contributed by atoms with Crippen molar-refractivity contribution in [2.75, 3.05) is 19.7 Å². The van der Waals surface area contributed by atoms with E-state index >= 15 is 0 Å². The van der Waals surface area contributed by atoms with Gasteiger partial charge in [-0.25, -0.2) is 8.42 Å². The van der Waals surface area contributed by atoms with Gasteiger partial charge < -0.3 is 9.84 Å². The maximum Gasteiger partial charge on any atom is 0.243 e. The van der Waals surface area contributed by atoms with Gasteiger partial charge in [0.05, 0.1) is 17.6 Å². The molecule has 0 saturated carbocycles. The molecule has 0 spiro atoms. The second-order valence-corrected chi connectivity index (χ2v) is 7.00. The highest BCUT2D eigenvalue weighted by Crippen LogP contribution is 2.27. The third-order valence-electron chi connectivity index (χ3n) is 3.62. The van der Waals surface area contributed by atoms with Crippen molar-refractivity contribution < 1.29 is 18.3 Å². The summed E-state index contributed by atoms with van der Waals surface area (Å²) in [5.74, 6) is 0.569. The molecule has 2 rings (SSSR count). The van der Waals surface area contributed by atoms with Crippen molar-refractivity contribution in [3.8, 4) is 5.75 Å². The molecule has 20 heavy (non-hydrogen) atoms. The second kappa shape index (κ2) is 6.11. The van der Waals surface area contributed by atoms with E-state index in [4.69, 9.17) is 4.74 Å². The summed E-state index contributed by atoms with van der Waals surface area (Å²) in [5, 5.41) is 9.58. The Hall–Kier alpha value is -1.11. The van der Waals surface area contributed by atoms with Crippen LogP contribution in [0.1, 0.15) is 20.3 Å². The lowest BCUT2D eigenvalue weighted by atomic mass is 10.0. The predicted octanol–water partition coefficient (Wildman–Crippen LogP) is 1.48. The quantitative estimate of drug-likeness (QED) is 0.894. The Balaban J connectivity index is 2.20. The molecule has 0 aromatic heterocycles. The van der Waals surface area contributed by atoms with Crippen LogP contribution in [0.25, 0.3) is 0 Å². The van der Waals surface area contributed by atoms with Gasteiger partial charge in [-0.15, -0.1) is 0 Å². The van der Waals surface area contributed by atoms with Gasteiger partial charge in [0.25, 0.3) is 0 Å². The third-order valence-corrected chi connectivity index (χ3v) is 5.49. The SMILES string of the molecule is CCOc1cccc(S(=O)(=O)N2CCC(C(C)O)C2)c1. The minimum Gasteiger partial charge on any atom is -0.494 e. The molecule has 2 unspecified atom stereocenters. The molecule has 5 nitrogen and oxygen atoms in total. The maximum atomic E-state index is 12.5. The Morgan fingerprint density at radius 3 is 2.85 bits per heavy atom. The van der Waals surface area contributed by atoms with E-state index < -0.39 is 16.1 Å². The number of aliphatic hydroxyl groups is 1. The van der Waals surface area contributed by atoms with E-state index in [1.807, 2.05) is 6.92 Å². The predicted molar refractivity (Wildman–Crippen MR) is 76.2 cm³/mol. The molecule has 1 aliphatic heterocycles. The van der Waals surface area contributed by atoms with E-state index in [1.54, 1.807) is 31.2 Å². The van der Waals surface area contributed by atoms with Crippen LogP contribution in [0.5, 0.6) is 5.75 Å². The molecule has 1 N–H and O–H groups in total. The number of nitrogens with zero attached hydrogens (tertiary/aromatic N) is 1. The molecule has 1 aromatic carbocycles. The van der Waals surface area contributed by atoms with Gasteiger partial charge in [-0.3, -0.25) is 0 Å². The zero-order chi connectivity index (χ0) is 14.8. The van der Waals surface area contributed by atoms with Crippen molar-refractivity contribution >= 4 is 10.0 Å². The zero-order valence-corrected chi connectivity index (χ0v) is 12.6. The summed E-state index contributed by atoms with van der Waals surface area (Å²) in [6.45, 7) is 4.89. The average Bonchev–Trinajstić information content (AvgIpc) is 2.90. The number of hydrogen-bond donors (Lipinski definition) is 1. The van der Waals surface area contributed by atoms with Crippen LogP contribution < -0.4 is 4.74 Å². The molecule has 0 amide bonds. The van der Waals surface area contributed by atoms with Gasteiger partial charge in [0.2, 0.25) is 10.0 Å². The normalized spacial score (nSPS) is 21.9. The van der Waals surface area contributed by atoms with Crippen LogP contribution >= 0.6 is 0 Å². The first-order valence-corrected chi connectivity index (χ1v) is 8.30. The van der Waals surface area contributed by atoms with Gasteiger partial charge in [0.1, 0.15) is 5.75 Å². The smallest absolute Gasteiger partial charge is 0.243 e. The summed E-state index contributed by atoms with van der Waals surface area (Å²) >= 11 is 0. The first kappa shape index (κ1) is 15.3. The Morgan fingerprint density at radius 2 is 2.25 bits per heavy atom. The van der Waals surface area contributed by atoms with Gasteiger partial charge >= 0.3 is 0 Å². The van der Waals surface area contributed by atoms with E-state index in [0.29, 0.717) is 31.9 Å². The molecule has 112 valence electrons. The minimum absolute atomic E-state index is 0.0137. The van der Waals surface area contributed by atoms with E-state index in [-0.39, 0.29) is 10.8 Å². The van der Waals surface area contributed by atoms with Crippen molar-refractivity contribution in [2.45, 2.75) is 31.3 Å². The molecule has 6 heteroatoms. The number of rotatable bonds is 5. The fraction of sp³-hybridized carbons (Fsp3) is 0.571. The van der Waals surface area contributed by atoms with Crippen molar-refractivity contribution in [3.05, 3.63) is 24.3 Å². The van der Waals surface area contributed by atoms with E-state index in [1.165, 1.54) is 4.31 Å². The molecule has 1 aromatic rings. The van der Waals surface area contributed by atoms with Gasteiger partial charge in [-0.1, -0.05) is 6.07 Å². The summed E-state index contributed by atoms with van der Waals surface area (Å²) in [6, 6.07) is 6.55. The summed E-state index contributed by atoms with van der Waals surface area (Å²) in [4.78, 5) is 0.245. The Morgan fingerprint density at radius 1 is 1.50 bits per heavy atom. The van der Waals surface area contributed by atoms with Gasteiger partial charge in [-0.2, -0.15) is 4.31 Å². The van der Waals surface area contributed by atoms with Crippen LogP contribution in [0.2, 0.25) is 0 Å². The Labute approximate surface area is 120 Å². The number of hydrogen-bond acceptors (Lipinski definition) is 4. The van der Waals surface area contributed by atoms with E-state index in [2.05, 4.69) is 0 Å². The van der Waals surface area contributed by atoms with Crippen LogP contribution in [-0.4, -0.2) is 43.6 Å². The number of aliphatic hydroxyl groups excluding tert-OH is 1. The Kier molecular flexibility index (Phi) is 4.67. The van der Waals surface area contributed by atoms with Crippen molar-refractivity contribution in [1.29, 1.82) is 0 Å². The highest BCUT2D eigenvalue weighted by atomic mass is 32.2. The highest BCUT2D eigenvalue weighted by Gasteiger charge is 2.34. The van der Waals surface area contributed by atoms with Crippen LogP contribution in [0.4, 0.5) is 0 Å². The summed E-state index contributed by atoms with van der Waals surface area (Å²) in [6.07, 6.45) is 0.215. The first-order chi connectivity index (χ1) is 9.45. The standard InChI is InChI=1S/C14H21NO4S/c1-3-19-13-5-4-6-14(9-13)20(17,18)15-8-7-12(10-15)11(2)16/h4-6,9,11-12,16H,3,7-8,10H2,1-2H3. The van der Waals surface area contributed by atoms with E-state index in [0.717, 1.165) is 0 Å². The van der Waals surface area contributed by atoms with Gasteiger partial charge in [0, 0.05) is 19.2 Å². The molecular weight excluding hydrogens is 278 g/mol. The number of ether oxygens (including phenoxy) is 1. The van der Waals surface area contributed by atoms with Crippen LogP contribution in [0, 0.1) is 5.92 Å². The van der Waals surface area contributed by atoms with Crippen LogP contribution in [0.3, 0.4) is 0 Å². The van der Waals surface area contributed by atoms with Crippen molar-refractivity contribution in [2.24, 2.45) is 5.92 Å². The minimum atomic E-state index is -3.50. The fourth-order valence-corrected chi connectivity index (χ4v) is 3.95. The lowest BCUT2D eigenvalue weighted by Crippen LogP contribution is -2.30.